The molecule has 2 amide bonds. The summed E-state index contributed by atoms with van der Waals surface area (Å²) in [7, 11) is 0. The van der Waals surface area contributed by atoms with Crippen molar-refractivity contribution >= 4 is 17.7 Å². The lowest BCUT2D eigenvalue weighted by Gasteiger charge is -2.28. The number of nitrogens with zero attached hydrogens (tertiary/aromatic N) is 1. The van der Waals surface area contributed by atoms with Gasteiger partial charge in [-0.1, -0.05) is 60.7 Å². The predicted molar refractivity (Wildman–Crippen MR) is 139 cm³/mol. The Bertz CT molecular complexity index is 1180. The topological polar surface area (TPSA) is 69.6 Å². The Hall–Kier alpha value is -3.60. The van der Waals surface area contributed by atoms with Crippen molar-refractivity contribution in [2.45, 2.75) is 51.0 Å². The lowest BCUT2D eigenvalue weighted by molar-refractivity contribution is -0.138. The van der Waals surface area contributed by atoms with Crippen molar-refractivity contribution in [1.82, 2.24) is 5.32 Å². The zero-order valence-corrected chi connectivity index (χ0v) is 20.0. The first-order valence-electron chi connectivity index (χ1n) is 12.6. The van der Waals surface area contributed by atoms with E-state index in [4.69, 9.17) is 5.11 Å². The number of rotatable bonds is 6. The van der Waals surface area contributed by atoms with E-state index in [9.17, 15) is 9.59 Å². The fourth-order valence-corrected chi connectivity index (χ4v) is 5.56. The van der Waals surface area contributed by atoms with Gasteiger partial charge in [-0.05, 0) is 83.9 Å². The van der Waals surface area contributed by atoms with E-state index in [0.29, 0.717) is 31.3 Å². The average Bonchev–Trinajstić information content (AvgIpc) is 3.32. The second kappa shape index (κ2) is 10.3. The highest BCUT2D eigenvalue weighted by molar-refractivity contribution is 5.94. The van der Waals surface area contributed by atoms with Crippen molar-refractivity contribution in [2.24, 2.45) is 5.92 Å². The van der Waals surface area contributed by atoms with Crippen LogP contribution in [-0.2, 0) is 17.8 Å². The number of hydrogen-bond acceptors (Lipinski definition) is 2. The van der Waals surface area contributed by atoms with Crippen LogP contribution in [0.1, 0.15) is 54.7 Å². The van der Waals surface area contributed by atoms with E-state index in [2.05, 4.69) is 47.8 Å². The molecule has 0 saturated heterocycles. The molecular formula is C30H32N2O3. The van der Waals surface area contributed by atoms with Crippen LogP contribution in [0.2, 0.25) is 0 Å². The number of carbonyl (C=O) groups excluding carboxylic acids is 1. The first-order chi connectivity index (χ1) is 17.1. The van der Waals surface area contributed by atoms with Crippen LogP contribution in [0, 0.1) is 5.92 Å². The highest BCUT2D eigenvalue weighted by atomic mass is 16.4. The summed E-state index contributed by atoms with van der Waals surface area (Å²) in [4.78, 5) is 25.6. The standard InChI is InChI=1S/C30H32N2O3/c33-29(34)18-21-6-8-23(9-7-21)24-10-12-25(13-11-24)26-14-15-28-27(19-26)16-17-32(28)30(35)31-20-22-4-2-1-3-5-22/h1-5,10-15,19,21,23H,6-9,16-18,20H2,(H,31,35)(H,33,34). The highest BCUT2D eigenvalue weighted by Crippen LogP contribution is 2.38. The number of urea groups is 1. The molecule has 5 nitrogen and oxygen atoms in total. The molecule has 35 heavy (non-hydrogen) atoms. The summed E-state index contributed by atoms with van der Waals surface area (Å²) in [6.45, 7) is 1.22. The number of benzene rings is 3. The minimum Gasteiger partial charge on any atom is -0.481 e. The number of amides is 2. The normalized spacial score (nSPS) is 19.3. The molecule has 0 bridgehead atoms. The number of carboxylic acid groups (broad SMARTS) is 1. The van der Waals surface area contributed by atoms with Gasteiger partial charge in [0.05, 0.1) is 0 Å². The number of fused-ring (bicyclic) bond motifs is 1. The Morgan fingerprint density at radius 1 is 0.886 bits per heavy atom. The zero-order valence-electron chi connectivity index (χ0n) is 20.0. The van der Waals surface area contributed by atoms with Gasteiger partial charge in [-0.2, -0.15) is 0 Å². The maximum Gasteiger partial charge on any atom is 0.322 e. The molecule has 2 aliphatic rings. The van der Waals surface area contributed by atoms with Gasteiger partial charge < -0.3 is 10.4 Å². The van der Waals surface area contributed by atoms with Gasteiger partial charge in [0.2, 0.25) is 0 Å². The van der Waals surface area contributed by atoms with Crippen molar-refractivity contribution in [3.05, 3.63) is 89.5 Å². The van der Waals surface area contributed by atoms with E-state index in [0.717, 1.165) is 43.4 Å². The summed E-state index contributed by atoms with van der Waals surface area (Å²) >= 11 is 0. The van der Waals surface area contributed by atoms with Crippen LogP contribution in [0.15, 0.2) is 72.8 Å². The molecule has 1 saturated carbocycles. The Morgan fingerprint density at radius 2 is 1.60 bits per heavy atom. The molecule has 180 valence electrons. The Kier molecular flexibility index (Phi) is 6.84. The minimum atomic E-state index is -0.678. The Labute approximate surface area is 206 Å². The molecule has 3 aromatic rings. The quantitative estimate of drug-likeness (QED) is 0.441. The first kappa shape index (κ1) is 23.2. The molecule has 1 fully saturated rings. The van der Waals surface area contributed by atoms with E-state index >= 15 is 0 Å². The van der Waals surface area contributed by atoms with Gasteiger partial charge >= 0.3 is 12.0 Å². The highest BCUT2D eigenvalue weighted by Gasteiger charge is 2.26. The molecule has 1 aliphatic heterocycles. The maximum absolute atomic E-state index is 12.8. The van der Waals surface area contributed by atoms with Crippen molar-refractivity contribution in [2.75, 3.05) is 11.4 Å². The summed E-state index contributed by atoms with van der Waals surface area (Å²) in [6.07, 6.45) is 5.30. The largest absolute Gasteiger partial charge is 0.481 e. The van der Waals surface area contributed by atoms with Crippen LogP contribution in [-0.4, -0.2) is 23.7 Å². The van der Waals surface area contributed by atoms with Crippen molar-refractivity contribution < 1.29 is 14.7 Å². The molecule has 1 aliphatic carbocycles. The van der Waals surface area contributed by atoms with Crippen LogP contribution < -0.4 is 10.2 Å². The minimum absolute atomic E-state index is 0.0530. The van der Waals surface area contributed by atoms with Gasteiger partial charge in [0.15, 0.2) is 0 Å². The predicted octanol–water partition coefficient (Wildman–Crippen LogP) is 6.37. The van der Waals surface area contributed by atoms with Crippen LogP contribution >= 0.6 is 0 Å². The zero-order chi connectivity index (χ0) is 24.2. The summed E-state index contributed by atoms with van der Waals surface area (Å²) in [5.74, 6) is 0.176. The van der Waals surface area contributed by atoms with E-state index in [-0.39, 0.29) is 6.03 Å². The lowest BCUT2D eigenvalue weighted by atomic mass is 9.77. The first-order valence-corrected chi connectivity index (χ1v) is 12.6. The molecule has 0 spiro atoms. The third kappa shape index (κ3) is 5.40. The van der Waals surface area contributed by atoms with Gasteiger partial charge in [-0.15, -0.1) is 0 Å². The molecule has 2 N–H and O–H groups in total. The van der Waals surface area contributed by atoms with Crippen molar-refractivity contribution in [3.8, 4) is 11.1 Å². The van der Waals surface area contributed by atoms with Crippen LogP contribution in [0.25, 0.3) is 11.1 Å². The summed E-state index contributed by atoms with van der Waals surface area (Å²) < 4.78 is 0. The molecule has 0 radical (unpaired) electrons. The number of carbonyl (C=O) groups is 2. The lowest BCUT2D eigenvalue weighted by Crippen LogP contribution is -2.38. The monoisotopic (exact) mass is 468 g/mol. The molecule has 5 heteroatoms. The summed E-state index contributed by atoms with van der Waals surface area (Å²) in [5, 5.41) is 12.1. The molecule has 1 heterocycles. The molecular weight excluding hydrogens is 436 g/mol. The maximum atomic E-state index is 12.8. The third-order valence-corrected chi connectivity index (χ3v) is 7.53. The number of hydrogen-bond donors (Lipinski definition) is 2. The van der Waals surface area contributed by atoms with Gasteiger partial charge in [-0.25, -0.2) is 4.79 Å². The van der Waals surface area contributed by atoms with Crippen LogP contribution in [0.5, 0.6) is 0 Å². The Balaban J connectivity index is 1.21. The van der Waals surface area contributed by atoms with E-state index in [1.54, 1.807) is 0 Å². The van der Waals surface area contributed by atoms with Crippen LogP contribution in [0.3, 0.4) is 0 Å². The van der Waals surface area contributed by atoms with Gasteiger partial charge in [0, 0.05) is 25.2 Å². The van der Waals surface area contributed by atoms with Crippen molar-refractivity contribution in [1.29, 1.82) is 0 Å². The smallest absolute Gasteiger partial charge is 0.322 e. The third-order valence-electron chi connectivity index (χ3n) is 7.53. The molecule has 3 aromatic carbocycles. The molecule has 0 atom stereocenters. The number of anilines is 1. The van der Waals surface area contributed by atoms with E-state index in [1.165, 1.54) is 22.3 Å². The van der Waals surface area contributed by atoms with E-state index < -0.39 is 5.97 Å². The molecule has 0 aromatic heterocycles. The van der Waals surface area contributed by atoms with E-state index in [1.807, 2.05) is 35.2 Å². The second-order valence-electron chi connectivity index (χ2n) is 9.83. The average molecular weight is 469 g/mol. The molecule has 5 rings (SSSR count). The fourth-order valence-electron chi connectivity index (χ4n) is 5.56. The number of nitrogens with one attached hydrogen (secondary N) is 1. The summed E-state index contributed by atoms with van der Waals surface area (Å²) in [6, 6.07) is 25.1. The number of carboxylic acids is 1. The molecule has 0 unspecified atom stereocenters. The summed E-state index contributed by atoms with van der Waals surface area (Å²) in [5.41, 5.74) is 7.00. The second-order valence-corrected chi connectivity index (χ2v) is 9.83. The fraction of sp³-hybridized carbons (Fsp3) is 0.333. The van der Waals surface area contributed by atoms with Crippen molar-refractivity contribution in [3.63, 3.8) is 0 Å². The van der Waals surface area contributed by atoms with Gasteiger partial charge in [0.1, 0.15) is 0 Å². The number of aliphatic carboxylic acids is 1. The van der Waals surface area contributed by atoms with Gasteiger partial charge in [-0.3, -0.25) is 9.69 Å². The van der Waals surface area contributed by atoms with Crippen LogP contribution in [0.4, 0.5) is 10.5 Å². The van der Waals surface area contributed by atoms with Gasteiger partial charge in [0.25, 0.3) is 0 Å². The SMILES string of the molecule is O=C(O)CC1CCC(c2ccc(-c3ccc4c(c3)CCN4C(=O)NCc3ccccc3)cc2)CC1. The Morgan fingerprint density at radius 3 is 2.31 bits per heavy atom.